The van der Waals surface area contributed by atoms with Crippen LogP contribution in [0.25, 0.3) is 33.6 Å². The molecule has 0 saturated carbocycles. The van der Waals surface area contributed by atoms with E-state index in [0.717, 1.165) is 6.42 Å². The molecule has 0 aliphatic carbocycles. The van der Waals surface area contributed by atoms with Crippen molar-refractivity contribution in [3.63, 3.8) is 0 Å². The number of nitrogens with zero attached hydrogens (tertiary/aromatic N) is 4. The second kappa shape index (κ2) is 15.8. The average Bonchev–Trinajstić information content (AvgIpc) is 3.49. The standard InChI is InChI=1S/C32H35Cl2N9O4/c1-46-30-25(14-36-11-12-38-32(35)45)39-16-23(42-30)21-7-3-5-19(28(21)33)20-6-4-8-22(29(20)34)24-17-40-26(31(43-24)47-2)15-37-13-18-9-10-27(44)41-18/h3-8,16-18,36-37H,9-15H2,1-2H3,(H,41,44)(H3,35,38,45)/t18-/m0/s1. The minimum absolute atomic E-state index is 0.0759. The number of benzene rings is 2. The largest absolute Gasteiger partial charge is 0.480 e. The Bertz CT molecular complexity index is 1760. The Balaban J connectivity index is 1.35. The average molecular weight is 681 g/mol. The molecule has 1 fully saturated rings. The van der Waals surface area contributed by atoms with Gasteiger partial charge in [0.1, 0.15) is 11.4 Å². The van der Waals surface area contributed by atoms with Gasteiger partial charge in [-0.1, -0.05) is 59.6 Å². The molecule has 0 bridgehead atoms. The van der Waals surface area contributed by atoms with Gasteiger partial charge < -0.3 is 36.5 Å². The summed E-state index contributed by atoms with van der Waals surface area (Å²) in [5.41, 5.74) is 10.1. The number of nitrogens with one attached hydrogen (secondary N) is 4. The number of carbonyl (C=O) groups excluding carboxylic acids is 2. The highest BCUT2D eigenvalue weighted by atomic mass is 35.5. The number of hydrogen-bond donors (Lipinski definition) is 5. The van der Waals surface area contributed by atoms with E-state index in [1.54, 1.807) is 19.5 Å². The molecule has 0 spiro atoms. The van der Waals surface area contributed by atoms with Gasteiger partial charge >= 0.3 is 6.03 Å². The molecule has 2 aromatic carbocycles. The molecule has 13 nitrogen and oxygen atoms in total. The topological polar surface area (TPSA) is 178 Å². The van der Waals surface area contributed by atoms with Crippen LogP contribution in [0, 0.1) is 0 Å². The Morgan fingerprint density at radius 3 is 1.89 bits per heavy atom. The first kappa shape index (κ1) is 33.8. The molecular formula is C32H35Cl2N9O4. The summed E-state index contributed by atoms with van der Waals surface area (Å²) in [6.45, 7) is 2.30. The normalized spacial score (nSPS) is 14.1. The van der Waals surface area contributed by atoms with Crippen LogP contribution >= 0.6 is 23.2 Å². The minimum atomic E-state index is -0.582. The number of amides is 3. The maximum atomic E-state index is 11.5. The molecule has 1 saturated heterocycles. The van der Waals surface area contributed by atoms with Crippen LogP contribution in [0.1, 0.15) is 24.2 Å². The van der Waals surface area contributed by atoms with Gasteiger partial charge in [-0.05, 0) is 6.42 Å². The first-order valence-electron chi connectivity index (χ1n) is 14.9. The van der Waals surface area contributed by atoms with E-state index in [2.05, 4.69) is 36.2 Å². The summed E-state index contributed by atoms with van der Waals surface area (Å²) in [5.74, 6) is 0.795. The van der Waals surface area contributed by atoms with Crippen molar-refractivity contribution in [1.29, 1.82) is 0 Å². The number of aromatic nitrogens is 4. The lowest BCUT2D eigenvalue weighted by atomic mass is 9.98. The number of rotatable bonds is 14. The van der Waals surface area contributed by atoms with Crippen molar-refractivity contribution < 1.29 is 19.1 Å². The van der Waals surface area contributed by atoms with E-state index < -0.39 is 6.03 Å². The molecule has 6 N–H and O–H groups in total. The van der Waals surface area contributed by atoms with Crippen LogP contribution in [-0.4, -0.2) is 71.8 Å². The third-order valence-electron chi connectivity index (χ3n) is 7.51. The molecule has 0 radical (unpaired) electrons. The zero-order valence-corrected chi connectivity index (χ0v) is 27.4. The number of methoxy groups -OCH3 is 2. The van der Waals surface area contributed by atoms with E-state index in [-0.39, 0.29) is 11.9 Å². The monoisotopic (exact) mass is 679 g/mol. The lowest BCUT2D eigenvalue weighted by Crippen LogP contribution is -2.35. The molecule has 0 unspecified atom stereocenters. The van der Waals surface area contributed by atoms with Crippen molar-refractivity contribution in [3.8, 4) is 45.4 Å². The van der Waals surface area contributed by atoms with Crippen molar-refractivity contribution in [2.45, 2.75) is 32.0 Å². The predicted octanol–water partition coefficient (Wildman–Crippen LogP) is 3.72. The zero-order chi connectivity index (χ0) is 33.3. The molecular weight excluding hydrogens is 645 g/mol. The molecule has 2 aromatic heterocycles. The van der Waals surface area contributed by atoms with Crippen LogP contribution in [0.3, 0.4) is 0 Å². The summed E-state index contributed by atoms with van der Waals surface area (Å²) in [6.07, 6.45) is 4.65. The number of urea groups is 1. The van der Waals surface area contributed by atoms with Crippen molar-refractivity contribution >= 4 is 35.1 Å². The van der Waals surface area contributed by atoms with Gasteiger partial charge in [0.05, 0.1) is 48.0 Å². The van der Waals surface area contributed by atoms with E-state index in [9.17, 15) is 9.59 Å². The Hall–Kier alpha value is -4.56. The highest BCUT2D eigenvalue weighted by Gasteiger charge is 2.21. The van der Waals surface area contributed by atoms with E-state index in [1.165, 1.54) is 7.11 Å². The fourth-order valence-electron chi connectivity index (χ4n) is 5.17. The SMILES string of the molecule is COc1nc(-c2cccc(-c3cccc(-c4cnc(CNC[C@@H]5CCC(=O)N5)c(OC)n4)c3Cl)c2Cl)cnc1CNCCNC(N)=O. The van der Waals surface area contributed by atoms with Gasteiger partial charge in [0.25, 0.3) is 0 Å². The van der Waals surface area contributed by atoms with Crippen LogP contribution in [-0.2, 0) is 17.9 Å². The van der Waals surface area contributed by atoms with E-state index in [1.807, 2.05) is 36.4 Å². The van der Waals surface area contributed by atoms with Gasteiger partial charge in [-0.15, -0.1) is 0 Å². The van der Waals surface area contributed by atoms with Gasteiger partial charge in [0.15, 0.2) is 0 Å². The number of carbonyl (C=O) groups is 2. The number of primary amides is 1. The smallest absolute Gasteiger partial charge is 0.312 e. The first-order valence-corrected chi connectivity index (χ1v) is 15.7. The number of hydrogen-bond acceptors (Lipinski definition) is 10. The molecule has 47 heavy (non-hydrogen) atoms. The lowest BCUT2D eigenvalue weighted by Gasteiger charge is -2.15. The van der Waals surface area contributed by atoms with Crippen LogP contribution in [0.5, 0.6) is 11.8 Å². The second-order valence-electron chi connectivity index (χ2n) is 10.7. The van der Waals surface area contributed by atoms with Gasteiger partial charge in [-0.25, -0.2) is 14.8 Å². The molecule has 3 heterocycles. The predicted molar refractivity (Wildman–Crippen MR) is 179 cm³/mol. The van der Waals surface area contributed by atoms with E-state index >= 15 is 0 Å². The third-order valence-corrected chi connectivity index (χ3v) is 8.33. The zero-order valence-electron chi connectivity index (χ0n) is 25.9. The van der Waals surface area contributed by atoms with E-state index in [4.69, 9.17) is 43.4 Å². The van der Waals surface area contributed by atoms with Crippen LogP contribution in [0.4, 0.5) is 4.79 Å². The van der Waals surface area contributed by atoms with Gasteiger partial charge in [0, 0.05) is 67.4 Å². The Kier molecular flexibility index (Phi) is 11.4. The summed E-state index contributed by atoms with van der Waals surface area (Å²) >= 11 is 14.0. The summed E-state index contributed by atoms with van der Waals surface area (Å²) in [7, 11) is 3.07. The molecule has 1 aliphatic rings. The highest BCUT2D eigenvalue weighted by Crippen LogP contribution is 2.42. The van der Waals surface area contributed by atoms with Gasteiger partial charge in [-0.3, -0.25) is 14.8 Å². The molecule has 246 valence electrons. The van der Waals surface area contributed by atoms with Crippen molar-refractivity contribution in [1.82, 2.24) is 41.2 Å². The maximum absolute atomic E-state index is 11.5. The third kappa shape index (κ3) is 8.24. The molecule has 1 atom stereocenters. The first-order chi connectivity index (χ1) is 22.8. The maximum Gasteiger partial charge on any atom is 0.312 e. The van der Waals surface area contributed by atoms with Crippen molar-refractivity contribution in [2.75, 3.05) is 33.9 Å². The Labute approximate surface area is 282 Å². The summed E-state index contributed by atoms with van der Waals surface area (Å²) in [5, 5.41) is 12.8. The fourth-order valence-corrected chi connectivity index (χ4v) is 5.82. The highest BCUT2D eigenvalue weighted by molar-refractivity contribution is 6.39. The molecule has 5 rings (SSSR count). The fraction of sp³-hybridized carbons (Fsp3) is 0.312. The minimum Gasteiger partial charge on any atom is -0.480 e. The van der Waals surface area contributed by atoms with Gasteiger partial charge in [0.2, 0.25) is 17.7 Å². The summed E-state index contributed by atoms with van der Waals surface area (Å²) in [4.78, 5) is 40.8. The summed E-state index contributed by atoms with van der Waals surface area (Å²) in [6, 6.07) is 10.8. The Morgan fingerprint density at radius 2 is 1.40 bits per heavy atom. The van der Waals surface area contributed by atoms with Gasteiger partial charge in [-0.2, -0.15) is 0 Å². The summed E-state index contributed by atoms with van der Waals surface area (Å²) < 4.78 is 11.1. The second-order valence-corrected chi connectivity index (χ2v) is 11.4. The Morgan fingerprint density at radius 1 is 0.872 bits per heavy atom. The molecule has 4 aromatic rings. The molecule has 3 amide bonds. The number of ether oxygens (including phenoxy) is 2. The van der Waals surface area contributed by atoms with E-state index in [0.29, 0.717) is 106 Å². The van der Waals surface area contributed by atoms with Crippen LogP contribution in [0.15, 0.2) is 48.8 Å². The molecule has 15 heteroatoms. The van der Waals surface area contributed by atoms with Crippen LogP contribution in [0.2, 0.25) is 10.0 Å². The van der Waals surface area contributed by atoms with Crippen LogP contribution < -0.4 is 36.5 Å². The molecule has 1 aliphatic heterocycles. The number of halogens is 2. The van der Waals surface area contributed by atoms with Crippen molar-refractivity contribution in [3.05, 3.63) is 70.2 Å². The van der Waals surface area contributed by atoms with Crippen molar-refractivity contribution in [2.24, 2.45) is 5.73 Å². The number of nitrogens with two attached hydrogens (primary N) is 1. The lowest BCUT2D eigenvalue weighted by molar-refractivity contribution is -0.119. The quantitative estimate of drug-likeness (QED) is 0.123.